The molecule has 3 nitrogen and oxygen atoms in total. The van der Waals surface area contributed by atoms with Gasteiger partial charge in [0.2, 0.25) is 0 Å². The van der Waals surface area contributed by atoms with E-state index in [1.54, 1.807) is 12.1 Å². The van der Waals surface area contributed by atoms with Gasteiger partial charge in [-0.15, -0.1) is 0 Å². The zero-order valence-corrected chi connectivity index (χ0v) is 14.3. The minimum absolute atomic E-state index is 0.108. The molecular weight excluding hydrogens is 303 g/mol. The van der Waals surface area contributed by atoms with Gasteiger partial charge in [-0.05, 0) is 37.6 Å². The van der Waals surface area contributed by atoms with Gasteiger partial charge >= 0.3 is 0 Å². The van der Waals surface area contributed by atoms with Crippen LogP contribution < -0.4 is 4.90 Å². The maximum atomic E-state index is 14.3. The van der Waals surface area contributed by atoms with Crippen LogP contribution in [-0.2, 0) is 6.54 Å². The fourth-order valence-corrected chi connectivity index (χ4v) is 3.08. The molecule has 1 heterocycles. The predicted octanol–water partition coefficient (Wildman–Crippen LogP) is 3.66. The first-order chi connectivity index (χ1) is 11.5. The molecule has 2 aromatic rings. The first kappa shape index (κ1) is 16.7. The highest BCUT2D eigenvalue weighted by molar-refractivity contribution is 5.94. The summed E-state index contributed by atoms with van der Waals surface area (Å²) in [5.74, 6) is -0.418. The summed E-state index contributed by atoms with van der Waals surface area (Å²) in [4.78, 5) is 15.8. The lowest BCUT2D eigenvalue weighted by atomic mass is 10.1. The van der Waals surface area contributed by atoms with Crippen molar-refractivity contribution < 1.29 is 9.18 Å². The van der Waals surface area contributed by atoms with E-state index in [-0.39, 0.29) is 11.6 Å². The van der Waals surface area contributed by atoms with E-state index in [1.807, 2.05) is 0 Å². The van der Waals surface area contributed by atoms with Crippen molar-refractivity contribution in [3.05, 3.63) is 65.0 Å². The minimum atomic E-state index is -0.310. The van der Waals surface area contributed by atoms with Gasteiger partial charge in [0.05, 0.1) is 5.69 Å². The molecule has 2 aromatic carbocycles. The molecule has 3 rings (SSSR count). The Kier molecular flexibility index (Phi) is 4.95. The maximum Gasteiger partial charge on any atom is 0.159 e. The molecule has 0 spiro atoms. The molecular formula is C20H23FN2O. The summed E-state index contributed by atoms with van der Waals surface area (Å²) in [5.41, 5.74) is 3.60. The lowest BCUT2D eigenvalue weighted by Gasteiger charge is -2.36. The van der Waals surface area contributed by atoms with E-state index in [0.717, 1.165) is 32.7 Å². The van der Waals surface area contributed by atoms with E-state index in [0.29, 0.717) is 11.3 Å². The number of Topliss-reactive ketones (excluding diaryl/α,β-unsaturated/α-hetero) is 1. The Morgan fingerprint density at radius 2 is 1.71 bits per heavy atom. The minimum Gasteiger partial charge on any atom is -0.367 e. The van der Waals surface area contributed by atoms with Gasteiger partial charge in [0.25, 0.3) is 0 Å². The van der Waals surface area contributed by atoms with Crippen molar-refractivity contribution in [2.75, 3.05) is 31.1 Å². The number of carbonyl (C=O) groups excluding carboxylic acids is 1. The van der Waals surface area contributed by atoms with Crippen LogP contribution in [0.25, 0.3) is 0 Å². The van der Waals surface area contributed by atoms with Gasteiger partial charge < -0.3 is 4.90 Å². The summed E-state index contributed by atoms with van der Waals surface area (Å²) < 4.78 is 14.3. The van der Waals surface area contributed by atoms with Crippen molar-refractivity contribution in [2.24, 2.45) is 0 Å². The summed E-state index contributed by atoms with van der Waals surface area (Å²) >= 11 is 0. The standard InChI is InChI=1S/C20H23FN2O/c1-15-3-5-17(6-4-15)14-22-9-11-23(12-10-22)20-8-7-18(16(2)24)13-19(20)21/h3-8,13H,9-12,14H2,1-2H3. The first-order valence-electron chi connectivity index (χ1n) is 8.36. The number of rotatable bonds is 4. The molecule has 1 aliphatic rings. The quantitative estimate of drug-likeness (QED) is 0.801. The first-order valence-corrected chi connectivity index (χ1v) is 8.36. The Morgan fingerprint density at radius 1 is 1.04 bits per heavy atom. The lowest BCUT2D eigenvalue weighted by Crippen LogP contribution is -2.46. The molecule has 0 saturated carbocycles. The van der Waals surface area contributed by atoms with Crippen LogP contribution >= 0.6 is 0 Å². The molecule has 0 aromatic heterocycles. The van der Waals surface area contributed by atoms with Crippen LogP contribution in [0, 0.1) is 12.7 Å². The average Bonchev–Trinajstić information content (AvgIpc) is 2.58. The van der Waals surface area contributed by atoms with Crippen LogP contribution in [-0.4, -0.2) is 36.9 Å². The molecule has 0 radical (unpaired) electrons. The summed E-state index contributed by atoms with van der Waals surface area (Å²) in [5, 5.41) is 0. The highest BCUT2D eigenvalue weighted by atomic mass is 19.1. The smallest absolute Gasteiger partial charge is 0.159 e. The Morgan fingerprint density at radius 3 is 2.29 bits per heavy atom. The molecule has 1 saturated heterocycles. The van der Waals surface area contributed by atoms with Gasteiger partial charge in [-0.3, -0.25) is 9.69 Å². The zero-order valence-electron chi connectivity index (χ0n) is 14.3. The molecule has 0 unspecified atom stereocenters. The van der Waals surface area contributed by atoms with Crippen LogP contribution in [0.3, 0.4) is 0 Å². The Hall–Kier alpha value is -2.20. The van der Waals surface area contributed by atoms with E-state index < -0.39 is 0 Å². The third-order valence-corrected chi connectivity index (χ3v) is 4.59. The number of ketones is 1. The molecule has 126 valence electrons. The van der Waals surface area contributed by atoms with Crippen LogP contribution in [0.5, 0.6) is 0 Å². The predicted molar refractivity (Wildman–Crippen MR) is 95.1 cm³/mol. The van der Waals surface area contributed by atoms with Crippen molar-refractivity contribution >= 4 is 11.5 Å². The molecule has 0 N–H and O–H groups in total. The van der Waals surface area contributed by atoms with Gasteiger partial charge in [0.15, 0.2) is 5.78 Å². The average molecular weight is 326 g/mol. The number of piperazine rings is 1. The normalized spacial score (nSPS) is 15.5. The van der Waals surface area contributed by atoms with Crippen molar-refractivity contribution in [1.29, 1.82) is 0 Å². The number of anilines is 1. The highest BCUT2D eigenvalue weighted by Gasteiger charge is 2.20. The fraction of sp³-hybridized carbons (Fsp3) is 0.350. The van der Waals surface area contributed by atoms with E-state index >= 15 is 0 Å². The lowest BCUT2D eigenvalue weighted by molar-refractivity contribution is 0.101. The number of benzene rings is 2. The summed E-state index contributed by atoms with van der Waals surface area (Å²) in [6.07, 6.45) is 0. The summed E-state index contributed by atoms with van der Waals surface area (Å²) in [7, 11) is 0. The molecule has 24 heavy (non-hydrogen) atoms. The number of carbonyl (C=O) groups is 1. The zero-order chi connectivity index (χ0) is 17.1. The van der Waals surface area contributed by atoms with Crippen LogP contribution in [0.15, 0.2) is 42.5 Å². The molecule has 0 aliphatic carbocycles. The molecule has 0 amide bonds. The third kappa shape index (κ3) is 3.82. The second kappa shape index (κ2) is 7.14. The second-order valence-electron chi connectivity index (χ2n) is 6.47. The largest absolute Gasteiger partial charge is 0.367 e. The number of hydrogen-bond donors (Lipinski definition) is 0. The second-order valence-corrected chi connectivity index (χ2v) is 6.47. The molecule has 1 fully saturated rings. The van der Waals surface area contributed by atoms with Crippen molar-refractivity contribution in [1.82, 2.24) is 4.90 Å². The van der Waals surface area contributed by atoms with Gasteiger partial charge in [0.1, 0.15) is 5.82 Å². The summed E-state index contributed by atoms with van der Waals surface area (Å²) in [6, 6.07) is 13.4. The van der Waals surface area contributed by atoms with Gasteiger partial charge in [-0.2, -0.15) is 0 Å². The van der Waals surface area contributed by atoms with Gasteiger partial charge in [-0.25, -0.2) is 4.39 Å². The van der Waals surface area contributed by atoms with Crippen molar-refractivity contribution in [3.8, 4) is 0 Å². The Balaban J connectivity index is 1.60. The van der Waals surface area contributed by atoms with Crippen LogP contribution in [0.1, 0.15) is 28.4 Å². The van der Waals surface area contributed by atoms with E-state index in [2.05, 4.69) is 41.0 Å². The number of aryl methyl sites for hydroxylation is 1. The van der Waals surface area contributed by atoms with E-state index in [1.165, 1.54) is 24.1 Å². The third-order valence-electron chi connectivity index (χ3n) is 4.59. The Bertz CT molecular complexity index is 719. The van der Waals surface area contributed by atoms with Crippen LogP contribution in [0.4, 0.5) is 10.1 Å². The van der Waals surface area contributed by atoms with E-state index in [4.69, 9.17) is 0 Å². The number of halogens is 1. The monoisotopic (exact) mass is 326 g/mol. The fourth-order valence-electron chi connectivity index (χ4n) is 3.08. The number of hydrogen-bond acceptors (Lipinski definition) is 3. The van der Waals surface area contributed by atoms with Crippen molar-refractivity contribution in [2.45, 2.75) is 20.4 Å². The Labute approximate surface area is 142 Å². The molecule has 0 bridgehead atoms. The van der Waals surface area contributed by atoms with Gasteiger partial charge in [0, 0.05) is 38.3 Å². The number of nitrogens with zero attached hydrogens (tertiary/aromatic N) is 2. The van der Waals surface area contributed by atoms with E-state index in [9.17, 15) is 9.18 Å². The van der Waals surface area contributed by atoms with Crippen LogP contribution in [0.2, 0.25) is 0 Å². The summed E-state index contributed by atoms with van der Waals surface area (Å²) in [6.45, 7) is 7.88. The van der Waals surface area contributed by atoms with Gasteiger partial charge in [-0.1, -0.05) is 29.8 Å². The molecule has 0 atom stereocenters. The molecule has 1 aliphatic heterocycles. The SMILES string of the molecule is CC(=O)c1ccc(N2CCN(Cc3ccc(C)cc3)CC2)c(F)c1. The highest BCUT2D eigenvalue weighted by Crippen LogP contribution is 2.22. The molecule has 4 heteroatoms. The van der Waals surface area contributed by atoms with Crippen molar-refractivity contribution in [3.63, 3.8) is 0 Å². The maximum absolute atomic E-state index is 14.3. The topological polar surface area (TPSA) is 23.6 Å².